The molecule has 2 aromatic carbocycles. The summed E-state index contributed by atoms with van der Waals surface area (Å²) in [5.41, 5.74) is 6.05. The van der Waals surface area contributed by atoms with Crippen LogP contribution in [0.15, 0.2) is 42.5 Å². The van der Waals surface area contributed by atoms with Gasteiger partial charge in [-0.1, -0.05) is 30.3 Å². The van der Waals surface area contributed by atoms with E-state index in [1.807, 2.05) is 0 Å². The van der Waals surface area contributed by atoms with Gasteiger partial charge in [0.2, 0.25) is 0 Å². The highest BCUT2D eigenvalue weighted by molar-refractivity contribution is 5.85. The maximum atomic E-state index is 13.6. The topological polar surface area (TPSA) is 35.2 Å². The number of hydrogen-bond donors (Lipinski definition) is 1. The largest absolute Gasteiger partial charge is 0.573 e. The lowest BCUT2D eigenvalue weighted by Gasteiger charge is -2.14. The van der Waals surface area contributed by atoms with E-state index >= 15 is 0 Å². The predicted octanol–water partition coefficient (Wildman–Crippen LogP) is 4.27. The third kappa shape index (κ3) is 4.34. The first kappa shape index (κ1) is 17.3. The number of rotatable bonds is 3. The molecule has 0 amide bonds. The first-order valence-electron chi connectivity index (χ1n) is 5.74. The molecule has 0 spiro atoms. The predicted molar refractivity (Wildman–Crippen MR) is 73.7 cm³/mol. The van der Waals surface area contributed by atoms with E-state index in [1.165, 1.54) is 30.3 Å². The Labute approximate surface area is 124 Å². The Morgan fingerprint density at radius 2 is 1.71 bits per heavy atom. The Morgan fingerprint density at radius 3 is 2.29 bits per heavy atom. The van der Waals surface area contributed by atoms with Crippen LogP contribution in [-0.4, -0.2) is 6.36 Å². The van der Waals surface area contributed by atoms with Gasteiger partial charge in [0, 0.05) is 17.7 Å². The van der Waals surface area contributed by atoms with Crippen molar-refractivity contribution in [3.63, 3.8) is 0 Å². The second-order valence-corrected chi connectivity index (χ2v) is 4.05. The highest BCUT2D eigenvalue weighted by Crippen LogP contribution is 2.32. The van der Waals surface area contributed by atoms with Crippen molar-refractivity contribution in [2.24, 2.45) is 5.73 Å². The van der Waals surface area contributed by atoms with Crippen LogP contribution < -0.4 is 10.5 Å². The number of halogens is 5. The Balaban J connectivity index is 0.00000220. The summed E-state index contributed by atoms with van der Waals surface area (Å²) in [5, 5.41) is 0. The second-order valence-electron chi connectivity index (χ2n) is 4.05. The van der Waals surface area contributed by atoms with Crippen LogP contribution in [0.3, 0.4) is 0 Å². The Morgan fingerprint density at radius 1 is 1.05 bits per heavy atom. The Kier molecular flexibility index (Phi) is 5.57. The van der Waals surface area contributed by atoms with Crippen LogP contribution in [0.1, 0.15) is 5.56 Å². The zero-order valence-electron chi connectivity index (χ0n) is 10.7. The van der Waals surface area contributed by atoms with E-state index in [9.17, 15) is 17.6 Å². The van der Waals surface area contributed by atoms with Gasteiger partial charge in [-0.25, -0.2) is 4.39 Å². The van der Waals surface area contributed by atoms with Gasteiger partial charge < -0.3 is 10.5 Å². The van der Waals surface area contributed by atoms with Crippen LogP contribution in [0.2, 0.25) is 0 Å². The minimum absolute atomic E-state index is 0. The number of alkyl halides is 3. The van der Waals surface area contributed by atoms with Gasteiger partial charge in [0.15, 0.2) is 0 Å². The quantitative estimate of drug-likeness (QED) is 0.857. The van der Waals surface area contributed by atoms with Gasteiger partial charge in [-0.2, -0.15) is 0 Å². The van der Waals surface area contributed by atoms with Crippen LogP contribution in [-0.2, 0) is 6.54 Å². The van der Waals surface area contributed by atoms with Gasteiger partial charge in [0.05, 0.1) is 0 Å². The van der Waals surface area contributed by atoms with Crippen molar-refractivity contribution in [1.82, 2.24) is 0 Å². The maximum Gasteiger partial charge on any atom is 0.573 e. The molecule has 0 aliphatic carbocycles. The van der Waals surface area contributed by atoms with Crippen molar-refractivity contribution < 1.29 is 22.3 Å². The molecule has 21 heavy (non-hydrogen) atoms. The summed E-state index contributed by atoms with van der Waals surface area (Å²) in [5.74, 6) is -0.938. The van der Waals surface area contributed by atoms with Gasteiger partial charge in [-0.3, -0.25) is 0 Å². The molecule has 0 bridgehead atoms. The van der Waals surface area contributed by atoms with Crippen LogP contribution in [0.4, 0.5) is 17.6 Å². The number of nitrogens with two attached hydrogens (primary N) is 1. The van der Waals surface area contributed by atoms with Gasteiger partial charge in [-0.15, -0.1) is 25.6 Å². The first-order chi connectivity index (χ1) is 9.40. The smallest absolute Gasteiger partial charge is 0.405 e. The summed E-state index contributed by atoms with van der Waals surface area (Å²) in [7, 11) is 0. The molecule has 2 nitrogen and oxygen atoms in total. The van der Waals surface area contributed by atoms with Gasteiger partial charge >= 0.3 is 6.36 Å². The number of ether oxygens (including phenoxy) is 1. The summed E-state index contributed by atoms with van der Waals surface area (Å²) < 4.78 is 54.6. The Hall–Kier alpha value is -1.79. The lowest BCUT2D eigenvalue weighted by atomic mass is 10.0. The van der Waals surface area contributed by atoms with Crippen molar-refractivity contribution in [2.75, 3.05) is 0 Å². The minimum Gasteiger partial charge on any atom is -0.405 e. The average molecular weight is 322 g/mol. The Bertz CT molecular complexity index is 616. The molecule has 0 unspecified atom stereocenters. The maximum absolute atomic E-state index is 13.6. The monoisotopic (exact) mass is 321 g/mol. The van der Waals surface area contributed by atoms with E-state index < -0.39 is 17.9 Å². The molecule has 0 heterocycles. The molecule has 0 aromatic heterocycles. The highest BCUT2D eigenvalue weighted by Gasteiger charge is 2.32. The van der Waals surface area contributed by atoms with E-state index in [0.29, 0.717) is 5.56 Å². The third-order valence-corrected chi connectivity index (χ3v) is 2.70. The molecule has 0 radical (unpaired) electrons. The van der Waals surface area contributed by atoms with Crippen LogP contribution in [0.25, 0.3) is 11.1 Å². The van der Waals surface area contributed by atoms with Crippen molar-refractivity contribution in [3.05, 3.63) is 53.8 Å². The van der Waals surface area contributed by atoms with E-state index in [1.54, 1.807) is 6.07 Å². The standard InChI is InChI=1S/C14H11F4NO.ClH/c15-12-4-2-1-3-11(12)9-5-6-10(8-19)13(7-9)20-14(16,17)18;/h1-7H,8,19H2;1H. The molecule has 2 N–H and O–H groups in total. The zero-order valence-corrected chi connectivity index (χ0v) is 11.5. The fourth-order valence-corrected chi connectivity index (χ4v) is 1.81. The normalized spacial score (nSPS) is 10.9. The van der Waals surface area contributed by atoms with Crippen LogP contribution in [0.5, 0.6) is 5.75 Å². The highest BCUT2D eigenvalue weighted by atomic mass is 35.5. The van der Waals surface area contributed by atoms with E-state index in [4.69, 9.17) is 5.73 Å². The molecule has 2 aromatic rings. The van der Waals surface area contributed by atoms with Gasteiger partial charge in [0.1, 0.15) is 11.6 Å². The number of hydrogen-bond acceptors (Lipinski definition) is 2. The summed E-state index contributed by atoms with van der Waals surface area (Å²) in [6, 6.07) is 9.83. The lowest BCUT2D eigenvalue weighted by molar-refractivity contribution is -0.274. The molecule has 0 saturated carbocycles. The van der Waals surface area contributed by atoms with Crippen molar-refractivity contribution in [2.45, 2.75) is 12.9 Å². The van der Waals surface area contributed by atoms with Crippen molar-refractivity contribution in [3.8, 4) is 16.9 Å². The summed E-state index contributed by atoms with van der Waals surface area (Å²) in [4.78, 5) is 0. The molecular formula is C14H12ClF4NO. The molecule has 0 aliphatic heterocycles. The van der Waals surface area contributed by atoms with E-state index in [-0.39, 0.29) is 30.1 Å². The summed E-state index contributed by atoms with van der Waals surface area (Å²) in [6.45, 7) is -0.108. The molecular weight excluding hydrogens is 310 g/mol. The van der Waals surface area contributed by atoms with E-state index in [0.717, 1.165) is 6.07 Å². The average Bonchev–Trinajstić information content (AvgIpc) is 2.37. The first-order valence-corrected chi connectivity index (χ1v) is 5.74. The third-order valence-electron chi connectivity index (χ3n) is 2.70. The van der Waals surface area contributed by atoms with Crippen LogP contribution >= 0.6 is 12.4 Å². The van der Waals surface area contributed by atoms with Crippen molar-refractivity contribution >= 4 is 12.4 Å². The fraction of sp³-hybridized carbons (Fsp3) is 0.143. The molecule has 0 atom stereocenters. The van der Waals surface area contributed by atoms with Gasteiger partial charge in [-0.05, 0) is 17.7 Å². The summed E-state index contributed by atoms with van der Waals surface area (Å²) >= 11 is 0. The lowest BCUT2D eigenvalue weighted by Crippen LogP contribution is -2.18. The van der Waals surface area contributed by atoms with Crippen molar-refractivity contribution in [1.29, 1.82) is 0 Å². The summed E-state index contributed by atoms with van der Waals surface area (Å²) in [6.07, 6.45) is -4.82. The fourth-order valence-electron chi connectivity index (χ4n) is 1.81. The second kappa shape index (κ2) is 6.78. The molecule has 0 saturated heterocycles. The molecule has 114 valence electrons. The molecule has 7 heteroatoms. The van der Waals surface area contributed by atoms with Crippen LogP contribution in [0, 0.1) is 5.82 Å². The van der Waals surface area contributed by atoms with E-state index in [2.05, 4.69) is 4.74 Å². The molecule has 2 rings (SSSR count). The SMILES string of the molecule is Cl.NCc1ccc(-c2ccccc2F)cc1OC(F)(F)F. The minimum atomic E-state index is -4.82. The van der Waals surface area contributed by atoms with Gasteiger partial charge in [0.25, 0.3) is 0 Å². The zero-order chi connectivity index (χ0) is 14.8. The molecule has 0 fully saturated rings. The number of benzene rings is 2. The molecule has 0 aliphatic rings.